The van der Waals surface area contributed by atoms with Crippen molar-refractivity contribution >= 4 is 28.3 Å². The van der Waals surface area contributed by atoms with E-state index in [9.17, 15) is 4.39 Å². The minimum absolute atomic E-state index is 0.0974. The minimum Gasteiger partial charge on any atom is -0.369 e. The molecule has 1 nitrogen and oxygen atoms in total. The third kappa shape index (κ3) is 1.25. The van der Waals surface area contributed by atoms with Crippen molar-refractivity contribution in [2.45, 2.75) is 12.8 Å². The molecule has 1 aliphatic carbocycles. The third-order valence-electron chi connectivity index (χ3n) is 3.28. The van der Waals surface area contributed by atoms with Crippen LogP contribution in [0.15, 0.2) is 18.2 Å². The molecule has 1 saturated heterocycles. The van der Waals surface area contributed by atoms with E-state index in [1.165, 1.54) is 18.9 Å². The van der Waals surface area contributed by atoms with E-state index in [0.29, 0.717) is 5.41 Å². The van der Waals surface area contributed by atoms with Gasteiger partial charge in [0.1, 0.15) is 5.82 Å². The van der Waals surface area contributed by atoms with Crippen LogP contribution in [0, 0.1) is 14.8 Å². The van der Waals surface area contributed by atoms with E-state index in [1.54, 1.807) is 6.07 Å². The van der Waals surface area contributed by atoms with Gasteiger partial charge in [0.25, 0.3) is 0 Å². The fraction of sp³-hybridized carbons (Fsp3) is 0.455. The Morgan fingerprint density at radius 2 is 2.00 bits per heavy atom. The summed E-state index contributed by atoms with van der Waals surface area (Å²) in [4.78, 5) is 2.29. The van der Waals surface area contributed by atoms with Crippen molar-refractivity contribution in [2.24, 2.45) is 5.41 Å². The maximum Gasteiger partial charge on any atom is 0.138 e. The number of hydrogen-bond donors (Lipinski definition) is 0. The Labute approximate surface area is 96.4 Å². The molecule has 0 unspecified atom stereocenters. The normalized spacial score (nSPS) is 22.3. The number of halogens is 2. The van der Waals surface area contributed by atoms with Crippen molar-refractivity contribution in [3.63, 3.8) is 0 Å². The van der Waals surface area contributed by atoms with Gasteiger partial charge < -0.3 is 4.90 Å². The van der Waals surface area contributed by atoms with E-state index in [4.69, 9.17) is 0 Å². The highest BCUT2D eigenvalue weighted by Crippen LogP contribution is 2.54. The molecule has 1 aliphatic heterocycles. The highest BCUT2D eigenvalue weighted by atomic mass is 127. The van der Waals surface area contributed by atoms with E-state index < -0.39 is 0 Å². The lowest BCUT2D eigenvalue weighted by molar-refractivity contribution is 0.386. The molecule has 74 valence electrons. The molecule has 3 heteroatoms. The molecule has 0 N–H and O–H groups in total. The quantitative estimate of drug-likeness (QED) is 0.721. The Kier molecular flexibility index (Phi) is 1.81. The summed E-state index contributed by atoms with van der Waals surface area (Å²) in [6, 6.07) is 5.34. The van der Waals surface area contributed by atoms with Crippen molar-refractivity contribution < 1.29 is 4.39 Å². The van der Waals surface area contributed by atoms with Crippen LogP contribution in [-0.2, 0) is 0 Å². The van der Waals surface area contributed by atoms with Crippen LogP contribution in [-0.4, -0.2) is 13.1 Å². The highest BCUT2D eigenvalue weighted by molar-refractivity contribution is 14.1. The molecule has 1 saturated carbocycles. The van der Waals surface area contributed by atoms with E-state index >= 15 is 0 Å². The van der Waals surface area contributed by atoms with Gasteiger partial charge in [0.2, 0.25) is 0 Å². The van der Waals surface area contributed by atoms with E-state index in [0.717, 1.165) is 22.3 Å². The summed E-state index contributed by atoms with van der Waals surface area (Å²) in [5.74, 6) is -0.0974. The smallest absolute Gasteiger partial charge is 0.138 e. The van der Waals surface area contributed by atoms with Gasteiger partial charge >= 0.3 is 0 Å². The highest BCUT2D eigenvalue weighted by Gasteiger charge is 2.52. The Morgan fingerprint density at radius 1 is 1.29 bits per heavy atom. The molecule has 2 fully saturated rings. The van der Waals surface area contributed by atoms with Gasteiger partial charge in [-0.15, -0.1) is 0 Å². The number of benzene rings is 1. The minimum atomic E-state index is -0.0974. The lowest BCUT2D eigenvalue weighted by Gasteiger charge is -2.42. The number of hydrogen-bond acceptors (Lipinski definition) is 1. The lowest BCUT2D eigenvalue weighted by atomic mass is 9.96. The van der Waals surface area contributed by atoms with Gasteiger partial charge in [0.15, 0.2) is 0 Å². The first kappa shape index (κ1) is 8.95. The van der Waals surface area contributed by atoms with Crippen molar-refractivity contribution in [1.29, 1.82) is 0 Å². The summed E-state index contributed by atoms with van der Waals surface area (Å²) in [7, 11) is 0. The van der Waals surface area contributed by atoms with Crippen LogP contribution in [0.25, 0.3) is 0 Å². The number of anilines is 1. The molecule has 0 atom stereocenters. The number of nitrogens with zero attached hydrogens (tertiary/aromatic N) is 1. The van der Waals surface area contributed by atoms with Crippen molar-refractivity contribution in [3.8, 4) is 0 Å². The van der Waals surface area contributed by atoms with Crippen LogP contribution in [0.3, 0.4) is 0 Å². The Bertz CT molecular complexity index is 379. The lowest BCUT2D eigenvalue weighted by Crippen LogP contribution is -2.48. The fourth-order valence-corrected chi connectivity index (χ4v) is 2.86. The average Bonchev–Trinajstić information content (AvgIpc) is 2.87. The molecule has 0 aromatic heterocycles. The van der Waals surface area contributed by atoms with Gasteiger partial charge in [-0.25, -0.2) is 4.39 Å². The Hall–Kier alpha value is -0.320. The second-order valence-electron chi connectivity index (χ2n) is 4.43. The van der Waals surface area contributed by atoms with Gasteiger partial charge in [-0.3, -0.25) is 0 Å². The van der Waals surface area contributed by atoms with Crippen molar-refractivity contribution in [3.05, 3.63) is 27.6 Å². The second-order valence-corrected chi connectivity index (χ2v) is 5.51. The molecule has 0 radical (unpaired) electrons. The van der Waals surface area contributed by atoms with Crippen LogP contribution < -0.4 is 4.90 Å². The van der Waals surface area contributed by atoms with E-state index in [2.05, 4.69) is 27.5 Å². The Balaban J connectivity index is 1.86. The molecule has 1 aromatic rings. The average molecular weight is 303 g/mol. The molecule has 14 heavy (non-hydrogen) atoms. The number of rotatable bonds is 1. The Morgan fingerprint density at radius 3 is 2.64 bits per heavy atom. The predicted octanol–water partition coefficient (Wildman–Crippen LogP) is 3.03. The SMILES string of the molecule is Fc1cccc(N2CC3(CC3)C2)c1I. The molecule has 2 aliphatic rings. The molecule has 3 rings (SSSR count). The summed E-state index contributed by atoms with van der Waals surface area (Å²) in [5, 5.41) is 0. The molecule has 0 amide bonds. The standard InChI is InChI=1S/C11H11FIN/c12-8-2-1-3-9(10(8)13)14-6-11(7-14)4-5-11/h1-3H,4-7H2. The summed E-state index contributed by atoms with van der Waals surface area (Å²) in [5.41, 5.74) is 1.71. The summed E-state index contributed by atoms with van der Waals surface area (Å²) >= 11 is 2.09. The van der Waals surface area contributed by atoms with Crippen LogP contribution >= 0.6 is 22.6 Å². The maximum absolute atomic E-state index is 13.3. The summed E-state index contributed by atoms with van der Waals surface area (Å²) in [6.45, 7) is 2.26. The van der Waals surface area contributed by atoms with Crippen LogP contribution in [0.5, 0.6) is 0 Å². The first-order chi connectivity index (χ1) is 6.70. The van der Waals surface area contributed by atoms with Gasteiger partial charge in [0.05, 0.1) is 9.26 Å². The topological polar surface area (TPSA) is 3.24 Å². The van der Waals surface area contributed by atoms with Crippen LogP contribution in [0.2, 0.25) is 0 Å². The van der Waals surface area contributed by atoms with Gasteiger partial charge in [-0.1, -0.05) is 6.07 Å². The van der Waals surface area contributed by atoms with E-state index in [-0.39, 0.29) is 5.82 Å². The predicted molar refractivity (Wildman–Crippen MR) is 63.0 cm³/mol. The first-order valence-corrected chi connectivity index (χ1v) is 5.97. The largest absolute Gasteiger partial charge is 0.369 e. The van der Waals surface area contributed by atoms with Crippen molar-refractivity contribution in [2.75, 3.05) is 18.0 Å². The molecule has 0 bridgehead atoms. The molecular weight excluding hydrogens is 292 g/mol. The first-order valence-electron chi connectivity index (χ1n) is 4.89. The molecular formula is C11H11FIN. The van der Waals surface area contributed by atoms with Crippen LogP contribution in [0.4, 0.5) is 10.1 Å². The van der Waals surface area contributed by atoms with Gasteiger partial charge in [-0.2, -0.15) is 0 Å². The van der Waals surface area contributed by atoms with Gasteiger partial charge in [-0.05, 0) is 47.6 Å². The van der Waals surface area contributed by atoms with E-state index in [1.807, 2.05) is 6.07 Å². The zero-order valence-corrected chi connectivity index (χ0v) is 9.92. The molecule has 1 spiro atoms. The van der Waals surface area contributed by atoms with Crippen molar-refractivity contribution in [1.82, 2.24) is 0 Å². The fourth-order valence-electron chi connectivity index (χ4n) is 2.16. The van der Waals surface area contributed by atoms with Crippen LogP contribution in [0.1, 0.15) is 12.8 Å². The monoisotopic (exact) mass is 303 g/mol. The molecule has 1 heterocycles. The zero-order valence-electron chi connectivity index (χ0n) is 7.76. The van der Waals surface area contributed by atoms with Gasteiger partial charge in [0, 0.05) is 18.5 Å². The second kappa shape index (κ2) is 2.84. The third-order valence-corrected chi connectivity index (χ3v) is 4.35. The zero-order chi connectivity index (χ0) is 9.76. The summed E-state index contributed by atoms with van der Waals surface area (Å²) in [6.07, 6.45) is 2.74. The summed E-state index contributed by atoms with van der Waals surface area (Å²) < 4.78 is 14.0. The molecule has 1 aromatic carbocycles. The maximum atomic E-state index is 13.3.